The molecule has 0 saturated carbocycles. The number of aromatic nitrogens is 1. The molecule has 0 unspecified atom stereocenters. The second-order valence-electron chi connectivity index (χ2n) is 7.25. The van der Waals surface area contributed by atoms with E-state index in [9.17, 15) is 14.4 Å². The third-order valence-electron chi connectivity index (χ3n) is 4.95. The molecule has 3 amide bonds. The van der Waals surface area contributed by atoms with E-state index in [1.807, 2.05) is 30.3 Å². The number of hydrogen-bond acceptors (Lipinski definition) is 8. The fourth-order valence-corrected chi connectivity index (χ4v) is 4.72. The second-order valence-corrected chi connectivity index (χ2v) is 9.04. The molecule has 3 N–H and O–H groups in total. The lowest BCUT2D eigenvalue weighted by atomic mass is 10.1. The number of carbonyl (C=O) groups excluding carboxylic acids is 3. The summed E-state index contributed by atoms with van der Waals surface area (Å²) in [7, 11) is 0. The third-order valence-corrected chi connectivity index (χ3v) is 6.73. The van der Waals surface area contributed by atoms with Gasteiger partial charge in [0.05, 0.1) is 18.1 Å². The average Bonchev–Trinajstić information content (AvgIpc) is 3.56. The van der Waals surface area contributed by atoms with Crippen molar-refractivity contribution in [1.29, 1.82) is 0 Å². The Balaban J connectivity index is 1.38. The standard InChI is InChI=1S/C22H23N5O4S2/c28-19(25-26-20(29)17-14-33-22(24-17)27-8-10-31-11-9-27)16(13-15-5-2-1-3-6-15)23-21(30)18-7-4-12-32-18/h1-7,12,14,16H,8-11,13H2,(H,23,30)(H,25,28)(H,26,29)/t16-/m0/s1. The van der Waals surface area contributed by atoms with E-state index in [4.69, 9.17) is 4.74 Å². The van der Waals surface area contributed by atoms with Gasteiger partial charge in [0.15, 0.2) is 5.13 Å². The van der Waals surface area contributed by atoms with Gasteiger partial charge in [-0.25, -0.2) is 4.98 Å². The van der Waals surface area contributed by atoms with Crippen LogP contribution in [0, 0.1) is 0 Å². The molecule has 172 valence electrons. The summed E-state index contributed by atoms with van der Waals surface area (Å²) in [5.74, 6) is -1.40. The van der Waals surface area contributed by atoms with E-state index in [-0.39, 0.29) is 18.0 Å². The highest BCUT2D eigenvalue weighted by molar-refractivity contribution is 7.14. The van der Waals surface area contributed by atoms with E-state index >= 15 is 0 Å². The van der Waals surface area contributed by atoms with Gasteiger partial charge in [-0.15, -0.1) is 22.7 Å². The lowest BCUT2D eigenvalue weighted by Gasteiger charge is -2.25. The summed E-state index contributed by atoms with van der Waals surface area (Å²) in [5.41, 5.74) is 5.92. The van der Waals surface area contributed by atoms with Crippen molar-refractivity contribution in [2.45, 2.75) is 12.5 Å². The van der Waals surface area contributed by atoms with Crippen molar-refractivity contribution in [1.82, 2.24) is 21.2 Å². The quantitative estimate of drug-likeness (QED) is 0.440. The summed E-state index contributed by atoms with van der Waals surface area (Å²) < 4.78 is 5.34. The van der Waals surface area contributed by atoms with Crippen molar-refractivity contribution < 1.29 is 19.1 Å². The Morgan fingerprint density at radius 1 is 1.00 bits per heavy atom. The number of morpholine rings is 1. The molecule has 9 nitrogen and oxygen atoms in total. The van der Waals surface area contributed by atoms with Gasteiger partial charge in [0.2, 0.25) is 0 Å². The number of anilines is 1. The maximum Gasteiger partial charge on any atom is 0.289 e. The number of hydrogen-bond donors (Lipinski definition) is 3. The third kappa shape index (κ3) is 6.15. The van der Waals surface area contributed by atoms with Crippen LogP contribution in [-0.4, -0.2) is 55.1 Å². The van der Waals surface area contributed by atoms with E-state index in [0.29, 0.717) is 18.1 Å². The Labute approximate surface area is 198 Å². The molecule has 11 heteroatoms. The van der Waals surface area contributed by atoms with Crippen LogP contribution >= 0.6 is 22.7 Å². The first-order valence-corrected chi connectivity index (χ1v) is 12.1. The van der Waals surface area contributed by atoms with Crippen LogP contribution in [0.3, 0.4) is 0 Å². The fraction of sp³-hybridized carbons (Fsp3) is 0.273. The molecule has 1 atom stereocenters. The Hall–Kier alpha value is -3.28. The largest absolute Gasteiger partial charge is 0.378 e. The van der Waals surface area contributed by atoms with Crippen molar-refractivity contribution in [2.24, 2.45) is 0 Å². The summed E-state index contributed by atoms with van der Waals surface area (Å²) >= 11 is 2.65. The van der Waals surface area contributed by atoms with Crippen molar-refractivity contribution in [3.8, 4) is 0 Å². The highest BCUT2D eigenvalue weighted by atomic mass is 32.1. The van der Waals surface area contributed by atoms with E-state index in [1.165, 1.54) is 22.7 Å². The number of benzene rings is 1. The molecular weight excluding hydrogens is 462 g/mol. The average molecular weight is 486 g/mol. The van der Waals surface area contributed by atoms with Gasteiger partial charge in [0.25, 0.3) is 17.7 Å². The van der Waals surface area contributed by atoms with Crippen LogP contribution in [0.1, 0.15) is 25.7 Å². The SMILES string of the molecule is O=C(NNC(=O)[C@H](Cc1ccccc1)NC(=O)c1cccs1)c1csc(N2CCOCC2)n1. The van der Waals surface area contributed by atoms with Gasteiger partial charge in [-0.3, -0.25) is 25.2 Å². The molecule has 3 heterocycles. The van der Waals surface area contributed by atoms with Crippen molar-refractivity contribution in [3.05, 3.63) is 69.4 Å². The first-order valence-electron chi connectivity index (χ1n) is 10.4. The number of nitrogens with zero attached hydrogens (tertiary/aromatic N) is 2. The monoisotopic (exact) mass is 485 g/mol. The van der Waals surface area contributed by atoms with Crippen LogP contribution in [0.25, 0.3) is 0 Å². The minimum Gasteiger partial charge on any atom is -0.378 e. The van der Waals surface area contributed by atoms with Gasteiger partial charge in [-0.05, 0) is 17.0 Å². The lowest BCUT2D eigenvalue weighted by molar-refractivity contribution is -0.123. The molecule has 1 fully saturated rings. The zero-order chi connectivity index (χ0) is 23.0. The highest BCUT2D eigenvalue weighted by Crippen LogP contribution is 2.21. The number of thiophene rings is 1. The zero-order valence-corrected chi connectivity index (χ0v) is 19.3. The molecular formula is C22H23N5O4S2. The van der Waals surface area contributed by atoms with Gasteiger partial charge in [-0.2, -0.15) is 0 Å². The topological polar surface area (TPSA) is 113 Å². The molecule has 1 aromatic carbocycles. The minimum absolute atomic E-state index is 0.212. The summed E-state index contributed by atoms with van der Waals surface area (Å²) in [4.78, 5) is 44.8. The molecule has 1 aliphatic rings. The molecule has 1 saturated heterocycles. The first kappa shape index (κ1) is 22.9. The van der Waals surface area contributed by atoms with Crippen LogP contribution in [-0.2, 0) is 16.0 Å². The number of nitrogens with one attached hydrogen (secondary N) is 3. The Morgan fingerprint density at radius 2 is 1.79 bits per heavy atom. The number of hydrazine groups is 1. The van der Waals surface area contributed by atoms with E-state index in [0.717, 1.165) is 23.8 Å². The number of amides is 3. The van der Waals surface area contributed by atoms with Gasteiger partial charge in [-0.1, -0.05) is 36.4 Å². The molecule has 33 heavy (non-hydrogen) atoms. The lowest BCUT2D eigenvalue weighted by Crippen LogP contribution is -2.53. The first-order chi connectivity index (χ1) is 16.1. The maximum absolute atomic E-state index is 12.9. The number of carbonyl (C=O) groups is 3. The van der Waals surface area contributed by atoms with Gasteiger partial charge >= 0.3 is 0 Å². The highest BCUT2D eigenvalue weighted by Gasteiger charge is 2.24. The van der Waals surface area contributed by atoms with Crippen LogP contribution in [0.15, 0.2) is 53.2 Å². The van der Waals surface area contributed by atoms with E-state index in [2.05, 4.69) is 26.1 Å². The van der Waals surface area contributed by atoms with Crippen molar-refractivity contribution in [2.75, 3.05) is 31.2 Å². The van der Waals surface area contributed by atoms with Crippen molar-refractivity contribution >= 4 is 45.5 Å². The van der Waals surface area contributed by atoms with E-state index < -0.39 is 17.9 Å². The normalized spacial score (nSPS) is 14.4. The van der Waals surface area contributed by atoms with Crippen LogP contribution in [0.2, 0.25) is 0 Å². The smallest absolute Gasteiger partial charge is 0.289 e. The Kier molecular flexibility index (Phi) is 7.66. The summed E-state index contributed by atoms with van der Waals surface area (Å²) in [6.45, 7) is 2.68. The van der Waals surface area contributed by atoms with Gasteiger partial charge < -0.3 is 15.0 Å². The zero-order valence-electron chi connectivity index (χ0n) is 17.7. The number of ether oxygens (including phenoxy) is 1. The van der Waals surface area contributed by atoms with Crippen molar-refractivity contribution in [3.63, 3.8) is 0 Å². The van der Waals surface area contributed by atoms with Crippen LogP contribution in [0.5, 0.6) is 0 Å². The molecule has 1 aliphatic heterocycles. The molecule has 2 aromatic heterocycles. The molecule has 0 bridgehead atoms. The summed E-state index contributed by atoms with van der Waals surface area (Å²) in [6.07, 6.45) is 0.275. The van der Waals surface area contributed by atoms with Crippen LogP contribution < -0.4 is 21.1 Å². The van der Waals surface area contributed by atoms with Gasteiger partial charge in [0.1, 0.15) is 11.7 Å². The number of rotatable bonds is 7. The molecule has 0 radical (unpaired) electrons. The van der Waals surface area contributed by atoms with Gasteiger partial charge in [0, 0.05) is 24.9 Å². The van der Waals surface area contributed by atoms with E-state index in [1.54, 1.807) is 22.9 Å². The molecule has 3 aromatic rings. The minimum atomic E-state index is -0.873. The molecule has 0 aliphatic carbocycles. The maximum atomic E-state index is 12.9. The Bertz CT molecular complexity index is 1080. The molecule has 4 rings (SSSR count). The summed E-state index contributed by atoms with van der Waals surface area (Å²) in [6, 6.07) is 11.9. The van der Waals surface area contributed by atoms with Crippen LogP contribution in [0.4, 0.5) is 5.13 Å². The predicted molar refractivity (Wildman–Crippen MR) is 126 cm³/mol. The fourth-order valence-electron chi connectivity index (χ4n) is 3.23. The number of thiazole rings is 1. The second kappa shape index (κ2) is 11.0. The predicted octanol–water partition coefficient (Wildman–Crippen LogP) is 1.84. The summed E-state index contributed by atoms with van der Waals surface area (Å²) in [5, 5.41) is 6.93. The molecule has 0 spiro atoms. The Morgan fingerprint density at radius 3 is 2.52 bits per heavy atom.